The Balaban J connectivity index is 1.80. The van der Waals surface area contributed by atoms with Gasteiger partial charge in [0.25, 0.3) is 5.91 Å². The molecule has 6 nitrogen and oxygen atoms in total. The van der Waals surface area contributed by atoms with E-state index in [0.717, 1.165) is 38.2 Å². The molecule has 8 heteroatoms. The molecule has 0 spiro atoms. The molecule has 0 heterocycles. The largest absolute Gasteiger partial charge is 0.449 e. The zero-order valence-electron chi connectivity index (χ0n) is 15.0. The van der Waals surface area contributed by atoms with Crippen LogP contribution in [0, 0.1) is 5.82 Å². The van der Waals surface area contributed by atoms with Crippen molar-refractivity contribution in [3.8, 4) is 0 Å². The van der Waals surface area contributed by atoms with Gasteiger partial charge in [0.2, 0.25) is 0 Å². The molecule has 0 bridgehead atoms. The molecule has 1 saturated carbocycles. The van der Waals surface area contributed by atoms with E-state index < -0.39 is 29.8 Å². The Morgan fingerprint density at radius 3 is 2.67 bits per heavy atom. The molecule has 0 aliphatic heterocycles. The molecule has 1 fully saturated rings. The molecule has 2 N–H and O–H groups in total. The molecule has 1 unspecified atom stereocenters. The van der Waals surface area contributed by atoms with Crippen LogP contribution < -0.4 is 10.6 Å². The van der Waals surface area contributed by atoms with Crippen molar-refractivity contribution in [3.05, 3.63) is 40.1 Å². The maximum absolute atomic E-state index is 13.6. The molecule has 0 saturated heterocycles. The minimum absolute atomic E-state index is 0.0624. The third kappa shape index (κ3) is 7.13. The van der Waals surface area contributed by atoms with Gasteiger partial charge in [-0.2, -0.15) is 0 Å². The van der Waals surface area contributed by atoms with Gasteiger partial charge in [0.05, 0.1) is 0 Å². The summed E-state index contributed by atoms with van der Waals surface area (Å²) in [5, 5.41) is 4.91. The monoisotopic (exact) mass is 440 g/mol. The molecular formula is C19H22BrFN2O4. The highest BCUT2D eigenvalue weighted by atomic mass is 79.9. The van der Waals surface area contributed by atoms with Crippen LogP contribution in [0.4, 0.5) is 9.18 Å². The van der Waals surface area contributed by atoms with Crippen molar-refractivity contribution in [2.24, 2.45) is 0 Å². The molecule has 3 amide bonds. The van der Waals surface area contributed by atoms with E-state index in [-0.39, 0.29) is 11.6 Å². The second kappa shape index (κ2) is 10.2. The summed E-state index contributed by atoms with van der Waals surface area (Å²) in [6.45, 7) is 1.36. The quantitative estimate of drug-likeness (QED) is 0.539. The molecular weight excluding hydrogens is 419 g/mol. The lowest BCUT2D eigenvalue weighted by molar-refractivity contribution is -0.149. The van der Waals surface area contributed by atoms with E-state index in [4.69, 9.17) is 4.74 Å². The molecule has 1 aromatic rings. The van der Waals surface area contributed by atoms with Gasteiger partial charge in [-0.15, -0.1) is 0 Å². The zero-order valence-corrected chi connectivity index (χ0v) is 16.6. The smallest absolute Gasteiger partial charge is 0.331 e. The van der Waals surface area contributed by atoms with Gasteiger partial charge in [0, 0.05) is 22.2 Å². The molecule has 2 rings (SSSR count). The van der Waals surface area contributed by atoms with Crippen LogP contribution in [0.25, 0.3) is 6.08 Å². The second-order valence-electron chi connectivity index (χ2n) is 6.38. The Hall–Kier alpha value is -2.22. The van der Waals surface area contributed by atoms with Crippen LogP contribution >= 0.6 is 15.9 Å². The highest BCUT2D eigenvalue weighted by Crippen LogP contribution is 2.17. The minimum Gasteiger partial charge on any atom is -0.449 e. The maximum atomic E-state index is 13.6. The van der Waals surface area contributed by atoms with Crippen LogP contribution in [0.5, 0.6) is 0 Å². The van der Waals surface area contributed by atoms with Crippen molar-refractivity contribution < 1.29 is 23.5 Å². The van der Waals surface area contributed by atoms with E-state index in [1.165, 1.54) is 31.2 Å². The standard InChI is InChI=1S/C19H22BrFN2O4/c1-12(18(25)23-19(26)22-15-5-3-2-4-6-15)27-17(24)10-7-13-11-14(20)8-9-16(13)21/h7-12,15H,2-6H2,1H3,(H2,22,23,25,26)/b10-7+. The van der Waals surface area contributed by atoms with Crippen molar-refractivity contribution >= 4 is 39.9 Å². The van der Waals surface area contributed by atoms with Crippen LogP contribution in [-0.2, 0) is 14.3 Å². The summed E-state index contributed by atoms with van der Waals surface area (Å²) in [4.78, 5) is 35.6. The number of amides is 3. The molecule has 1 aliphatic carbocycles. The molecule has 0 aromatic heterocycles. The van der Waals surface area contributed by atoms with Gasteiger partial charge >= 0.3 is 12.0 Å². The van der Waals surface area contributed by atoms with E-state index >= 15 is 0 Å². The normalized spacial score (nSPS) is 16.0. The number of hydrogen-bond acceptors (Lipinski definition) is 4. The van der Waals surface area contributed by atoms with Gasteiger partial charge in [-0.3, -0.25) is 10.1 Å². The second-order valence-corrected chi connectivity index (χ2v) is 7.29. The highest BCUT2D eigenvalue weighted by molar-refractivity contribution is 9.10. The maximum Gasteiger partial charge on any atom is 0.331 e. The van der Waals surface area contributed by atoms with E-state index in [1.807, 2.05) is 0 Å². The van der Waals surface area contributed by atoms with Crippen LogP contribution in [0.1, 0.15) is 44.6 Å². The molecule has 146 valence electrons. The van der Waals surface area contributed by atoms with E-state index in [1.54, 1.807) is 0 Å². The first kappa shape index (κ1) is 21.1. The van der Waals surface area contributed by atoms with Crippen LogP contribution in [0.2, 0.25) is 0 Å². The third-order valence-corrected chi connectivity index (χ3v) is 4.69. The predicted octanol–water partition coefficient (Wildman–Crippen LogP) is 3.69. The fourth-order valence-electron chi connectivity index (χ4n) is 2.75. The topological polar surface area (TPSA) is 84.5 Å². The Morgan fingerprint density at radius 1 is 1.26 bits per heavy atom. The Labute approximate surface area is 165 Å². The summed E-state index contributed by atoms with van der Waals surface area (Å²) in [6, 6.07) is 3.77. The summed E-state index contributed by atoms with van der Waals surface area (Å²) in [5.74, 6) is -2.03. The molecule has 1 aliphatic rings. The van der Waals surface area contributed by atoms with Crippen LogP contribution in [-0.4, -0.2) is 30.1 Å². The number of imide groups is 1. The first-order valence-corrected chi connectivity index (χ1v) is 9.59. The van der Waals surface area contributed by atoms with Gasteiger partial charge in [-0.1, -0.05) is 35.2 Å². The van der Waals surface area contributed by atoms with E-state index in [9.17, 15) is 18.8 Å². The Kier molecular flexibility index (Phi) is 7.97. The average molecular weight is 441 g/mol. The van der Waals surface area contributed by atoms with Crippen molar-refractivity contribution in [2.45, 2.75) is 51.2 Å². The first-order chi connectivity index (χ1) is 12.8. The third-order valence-electron chi connectivity index (χ3n) is 4.20. The fourth-order valence-corrected chi connectivity index (χ4v) is 3.13. The van der Waals surface area contributed by atoms with E-state index in [2.05, 4.69) is 26.6 Å². The summed E-state index contributed by atoms with van der Waals surface area (Å²) >= 11 is 3.21. The fraction of sp³-hybridized carbons (Fsp3) is 0.421. The lowest BCUT2D eigenvalue weighted by Gasteiger charge is -2.23. The van der Waals surface area contributed by atoms with Crippen molar-refractivity contribution in [1.29, 1.82) is 0 Å². The van der Waals surface area contributed by atoms with Crippen LogP contribution in [0.3, 0.4) is 0 Å². The lowest BCUT2D eigenvalue weighted by Crippen LogP contribution is -2.48. The van der Waals surface area contributed by atoms with Crippen molar-refractivity contribution in [1.82, 2.24) is 10.6 Å². The van der Waals surface area contributed by atoms with E-state index in [0.29, 0.717) is 4.47 Å². The average Bonchev–Trinajstić information content (AvgIpc) is 2.63. The number of esters is 1. The lowest BCUT2D eigenvalue weighted by atomic mass is 9.96. The van der Waals surface area contributed by atoms with Crippen LogP contribution in [0.15, 0.2) is 28.7 Å². The van der Waals surface area contributed by atoms with Gasteiger partial charge in [0.1, 0.15) is 5.82 Å². The first-order valence-electron chi connectivity index (χ1n) is 8.80. The molecule has 1 aromatic carbocycles. The van der Waals surface area contributed by atoms with Crippen molar-refractivity contribution in [3.63, 3.8) is 0 Å². The number of carbonyl (C=O) groups is 3. The Morgan fingerprint density at radius 2 is 1.96 bits per heavy atom. The minimum atomic E-state index is -1.16. The summed E-state index contributed by atoms with van der Waals surface area (Å²) in [7, 11) is 0. The summed E-state index contributed by atoms with van der Waals surface area (Å²) in [5.41, 5.74) is 0.199. The number of halogens is 2. The number of benzene rings is 1. The number of urea groups is 1. The Bertz CT molecular complexity index is 732. The number of ether oxygens (including phenoxy) is 1. The number of nitrogens with one attached hydrogen (secondary N) is 2. The molecule has 27 heavy (non-hydrogen) atoms. The van der Waals surface area contributed by atoms with Gasteiger partial charge in [-0.25, -0.2) is 14.0 Å². The number of rotatable bonds is 5. The van der Waals surface area contributed by atoms with Gasteiger partial charge in [-0.05, 0) is 44.0 Å². The SMILES string of the molecule is CC(OC(=O)/C=C/c1cc(Br)ccc1F)C(=O)NC(=O)NC1CCCCC1. The summed E-state index contributed by atoms with van der Waals surface area (Å²) in [6.07, 6.45) is 6.16. The number of hydrogen-bond donors (Lipinski definition) is 2. The molecule has 1 atom stereocenters. The van der Waals surface area contributed by atoms with Gasteiger partial charge < -0.3 is 10.1 Å². The zero-order chi connectivity index (χ0) is 19.8. The highest BCUT2D eigenvalue weighted by Gasteiger charge is 2.21. The number of carbonyl (C=O) groups excluding carboxylic acids is 3. The molecule has 0 radical (unpaired) electrons. The predicted molar refractivity (Wildman–Crippen MR) is 102 cm³/mol. The van der Waals surface area contributed by atoms with Crippen molar-refractivity contribution in [2.75, 3.05) is 0 Å². The summed E-state index contributed by atoms with van der Waals surface area (Å²) < 4.78 is 19.2. The van der Waals surface area contributed by atoms with Gasteiger partial charge in [0.15, 0.2) is 6.10 Å².